The first kappa shape index (κ1) is 26.8. The number of anilines is 1. The highest BCUT2D eigenvalue weighted by atomic mass is 19.1. The van der Waals surface area contributed by atoms with Gasteiger partial charge in [0.1, 0.15) is 0 Å². The van der Waals surface area contributed by atoms with Crippen molar-refractivity contribution in [1.82, 2.24) is 24.0 Å². The van der Waals surface area contributed by atoms with Crippen molar-refractivity contribution in [2.24, 2.45) is 17.8 Å². The highest BCUT2D eigenvalue weighted by Gasteiger charge is 2.48. The van der Waals surface area contributed by atoms with Gasteiger partial charge in [-0.25, -0.2) is 18.7 Å². The zero-order valence-electron chi connectivity index (χ0n) is 24.0. The maximum atomic E-state index is 14.4. The number of benzene rings is 1. The molecule has 2 saturated heterocycles. The molecule has 2 aliphatic heterocycles. The topological polar surface area (TPSA) is 99.0 Å². The number of piperidine rings is 1. The van der Waals surface area contributed by atoms with E-state index in [1.807, 2.05) is 28.8 Å². The van der Waals surface area contributed by atoms with Gasteiger partial charge in [0.15, 0.2) is 11.6 Å². The number of nitrogens with zero attached hydrogens (tertiary/aromatic N) is 5. The molecule has 8 nitrogen and oxygen atoms in total. The predicted octanol–water partition coefficient (Wildman–Crippen LogP) is 5.22. The molecule has 1 aromatic carbocycles. The summed E-state index contributed by atoms with van der Waals surface area (Å²) in [5.41, 5.74) is 5.91. The summed E-state index contributed by atoms with van der Waals surface area (Å²) in [7, 11) is 0. The summed E-state index contributed by atoms with van der Waals surface area (Å²) in [6.45, 7) is 3.53. The largest absolute Gasteiger partial charge is 0.381 e. The van der Waals surface area contributed by atoms with Gasteiger partial charge in [-0.05, 0) is 68.9 Å². The second-order valence-electron chi connectivity index (χ2n) is 13.5. The van der Waals surface area contributed by atoms with Gasteiger partial charge in [-0.15, -0.1) is 0 Å². The zero-order chi connectivity index (χ0) is 28.3. The molecule has 0 spiro atoms. The average molecular weight is 561 g/mol. The number of aromatic nitrogens is 4. The molecule has 5 fully saturated rings. The Labute approximate surface area is 239 Å². The van der Waals surface area contributed by atoms with E-state index in [0.29, 0.717) is 17.5 Å². The molecule has 5 aliphatic rings. The lowest BCUT2D eigenvalue weighted by molar-refractivity contribution is -0.0503. The Morgan fingerprint density at radius 2 is 1.68 bits per heavy atom. The lowest BCUT2D eigenvalue weighted by atomic mass is 9.72. The number of rotatable bonds is 3. The number of nitrogens with two attached hydrogens (primary N) is 1. The van der Waals surface area contributed by atoms with Crippen molar-refractivity contribution in [3.05, 3.63) is 57.1 Å². The Morgan fingerprint density at radius 1 is 0.951 bits per heavy atom. The third kappa shape index (κ3) is 4.70. The van der Waals surface area contributed by atoms with Crippen molar-refractivity contribution in [3.8, 4) is 5.82 Å². The minimum absolute atomic E-state index is 0.0214. The molecule has 9 heteroatoms. The first-order valence-corrected chi connectivity index (χ1v) is 15.6. The Hall–Kier alpha value is -3.07. The molecule has 218 valence electrons. The molecule has 8 rings (SSSR count). The first-order chi connectivity index (χ1) is 19.8. The monoisotopic (exact) mass is 560 g/mol. The van der Waals surface area contributed by atoms with Gasteiger partial charge in [0.05, 0.1) is 17.2 Å². The Balaban J connectivity index is 1.32. The lowest BCUT2D eigenvalue weighted by Crippen LogP contribution is -2.60. The van der Waals surface area contributed by atoms with E-state index in [2.05, 4.69) is 21.8 Å². The van der Waals surface area contributed by atoms with Crippen LogP contribution in [0, 0.1) is 23.6 Å². The average Bonchev–Trinajstić information content (AvgIpc) is 3.24. The summed E-state index contributed by atoms with van der Waals surface area (Å²) >= 11 is 0. The molecule has 0 radical (unpaired) electrons. The van der Waals surface area contributed by atoms with E-state index in [9.17, 15) is 14.0 Å². The molecule has 4 bridgehead atoms. The van der Waals surface area contributed by atoms with Crippen LogP contribution in [-0.4, -0.2) is 42.1 Å². The van der Waals surface area contributed by atoms with Crippen LogP contribution in [0.5, 0.6) is 0 Å². The van der Waals surface area contributed by atoms with E-state index in [1.54, 1.807) is 0 Å². The van der Waals surface area contributed by atoms with Crippen LogP contribution in [0.2, 0.25) is 0 Å². The molecule has 2 N–H and O–H groups in total. The van der Waals surface area contributed by atoms with Crippen molar-refractivity contribution in [1.29, 1.82) is 0 Å². The van der Waals surface area contributed by atoms with Gasteiger partial charge in [0, 0.05) is 24.2 Å². The predicted molar refractivity (Wildman–Crippen MR) is 158 cm³/mol. The van der Waals surface area contributed by atoms with E-state index in [-0.39, 0.29) is 23.0 Å². The Bertz CT molecular complexity index is 1570. The zero-order valence-corrected chi connectivity index (χ0v) is 24.0. The third-order valence-electron chi connectivity index (χ3n) is 10.9. The summed E-state index contributed by atoms with van der Waals surface area (Å²) in [5, 5.41) is 0. The van der Waals surface area contributed by atoms with Crippen LogP contribution in [0.4, 0.5) is 10.2 Å². The number of para-hydroxylation sites is 2. The van der Waals surface area contributed by atoms with Crippen LogP contribution >= 0.6 is 0 Å². The van der Waals surface area contributed by atoms with Crippen LogP contribution in [0.3, 0.4) is 0 Å². The molecule has 1 unspecified atom stereocenters. The summed E-state index contributed by atoms with van der Waals surface area (Å²) in [6, 6.07) is 7.96. The van der Waals surface area contributed by atoms with E-state index in [1.165, 1.54) is 51.4 Å². The summed E-state index contributed by atoms with van der Waals surface area (Å²) < 4.78 is 17.2. The fraction of sp³-hybridized carbons (Fsp3) is 0.625. The summed E-state index contributed by atoms with van der Waals surface area (Å²) in [4.78, 5) is 38.1. The molecule has 3 saturated carbocycles. The minimum Gasteiger partial charge on any atom is -0.381 e. The lowest BCUT2D eigenvalue weighted by Gasteiger charge is -2.55. The molecule has 5 atom stereocenters. The molecule has 2 aromatic heterocycles. The van der Waals surface area contributed by atoms with Gasteiger partial charge in [-0.2, -0.15) is 4.98 Å². The van der Waals surface area contributed by atoms with E-state index in [4.69, 9.17) is 5.73 Å². The van der Waals surface area contributed by atoms with Gasteiger partial charge in [-0.1, -0.05) is 57.1 Å². The minimum atomic E-state index is -0.854. The molecule has 0 amide bonds. The summed E-state index contributed by atoms with van der Waals surface area (Å²) in [5.74, 6) is 0.496. The van der Waals surface area contributed by atoms with Crippen LogP contribution in [0.25, 0.3) is 16.9 Å². The molecule has 41 heavy (non-hydrogen) atoms. The van der Waals surface area contributed by atoms with Gasteiger partial charge >= 0.3 is 5.69 Å². The fourth-order valence-electron chi connectivity index (χ4n) is 9.09. The molecular weight excluding hydrogens is 519 g/mol. The SMILES string of the molecule is CC1(N2CC3CCCC[C@@H]2C[C@@H]3n2c(=O)c(-n3cc(F)c(N)nc3=O)nc3ccccc32)C[C@@H]2CCC[C@H](CC2)C1. The highest BCUT2D eigenvalue weighted by Crippen LogP contribution is 2.49. The second-order valence-corrected chi connectivity index (χ2v) is 13.5. The molecule has 3 aliphatic carbocycles. The van der Waals surface area contributed by atoms with Crippen LogP contribution < -0.4 is 17.0 Å². The highest BCUT2D eigenvalue weighted by molar-refractivity contribution is 5.75. The standard InChI is InChI=1S/C32H41FN6O2/c1-32(16-20-7-6-8-21(17-32)14-13-20)38-18-22-9-2-3-10-23(38)15-27(22)39-26-12-5-4-11-25(26)35-29(30(39)40)37-19-24(33)28(34)36-31(37)41/h4-5,11-12,19-23,27H,2-3,6-10,13-18H2,1H3,(H2,34,36,41)/t20-,21-,22?,23-,27+/m1/s1. The van der Waals surface area contributed by atoms with Gasteiger partial charge in [-0.3, -0.25) is 9.69 Å². The van der Waals surface area contributed by atoms with Crippen molar-refractivity contribution < 1.29 is 4.39 Å². The van der Waals surface area contributed by atoms with Crippen LogP contribution in [0.15, 0.2) is 40.1 Å². The van der Waals surface area contributed by atoms with Gasteiger partial charge in [0.2, 0.25) is 5.82 Å². The van der Waals surface area contributed by atoms with E-state index in [0.717, 1.165) is 60.3 Å². The second kappa shape index (κ2) is 10.3. The van der Waals surface area contributed by atoms with Gasteiger partial charge < -0.3 is 10.3 Å². The Morgan fingerprint density at radius 3 is 2.46 bits per heavy atom. The van der Waals surface area contributed by atoms with Crippen molar-refractivity contribution in [3.63, 3.8) is 0 Å². The number of nitrogen functional groups attached to an aromatic ring is 1. The molecule has 4 heterocycles. The van der Waals surface area contributed by atoms with Crippen molar-refractivity contribution >= 4 is 16.9 Å². The Kier molecular flexibility index (Phi) is 6.75. The first-order valence-electron chi connectivity index (χ1n) is 15.6. The molecule has 3 aromatic rings. The fourth-order valence-corrected chi connectivity index (χ4v) is 9.09. The maximum absolute atomic E-state index is 14.4. The smallest absolute Gasteiger partial charge is 0.355 e. The van der Waals surface area contributed by atoms with Crippen LogP contribution in [0.1, 0.15) is 90.0 Å². The van der Waals surface area contributed by atoms with E-state index >= 15 is 0 Å². The van der Waals surface area contributed by atoms with E-state index < -0.39 is 17.3 Å². The number of hydrogen-bond donors (Lipinski definition) is 1. The molecular formula is C32H41FN6O2. The van der Waals surface area contributed by atoms with Crippen molar-refractivity contribution in [2.75, 3.05) is 12.3 Å². The maximum Gasteiger partial charge on any atom is 0.355 e. The quantitative estimate of drug-likeness (QED) is 0.472. The van der Waals surface area contributed by atoms with Crippen LogP contribution in [-0.2, 0) is 0 Å². The third-order valence-corrected chi connectivity index (χ3v) is 10.9. The number of fused-ring (bicyclic) bond motifs is 9. The summed E-state index contributed by atoms with van der Waals surface area (Å²) in [6.07, 6.45) is 15.9. The van der Waals surface area contributed by atoms with Gasteiger partial charge in [0.25, 0.3) is 5.56 Å². The normalized spacial score (nSPS) is 30.0. The van der Waals surface area contributed by atoms with Crippen molar-refractivity contribution in [2.45, 2.75) is 102 Å². The number of hydrogen-bond acceptors (Lipinski definition) is 6. The number of halogens is 1.